The van der Waals surface area contributed by atoms with Crippen LogP contribution in [-0.2, 0) is 20.9 Å². The molecule has 8 heteroatoms. The van der Waals surface area contributed by atoms with E-state index in [9.17, 15) is 9.59 Å². The number of primary amides is 1. The van der Waals surface area contributed by atoms with E-state index in [-0.39, 0.29) is 23.3 Å². The Morgan fingerprint density at radius 2 is 1.94 bits per heavy atom. The molecule has 31 heavy (non-hydrogen) atoms. The van der Waals surface area contributed by atoms with Crippen molar-refractivity contribution < 1.29 is 14.3 Å². The van der Waals surface area contributed by atoms with Gasteiger partial charge in [-0.2, -0.15) is 0 Å². The molecule has 2 amide bonds. The van der Waals surface area contributed by atoms with Crippen molar-refractivity contribution in [3.05, 3.63) is 33.8 Å². The normalized spacial score (nSPS) is 37.0. The van der Waals surface area contributed by atoms with Gasteiger partial charge in [-0.05, 0) is 61.5 Å². The molecule has 5 fully saturated rings. The summed E-state index contributed by atoms with van der Waals surface area (Å²) in [7, 11) is 0. The Labute approximate surface area is 192 Å². The van der Waals surface area contributed by atoms with E-state index in [0.717, 1.165) is 44.2 Å². The van der Waals surface area contributed by atoms with Crippen molar-refractivity contribution in [3.63, 3.8) is 0 Å². The molecule has 0 aromatic heterocycles. The van der Waals surface area contributed by atoms with Gasteiger partial charge in [-0.15, -0.1) is 0 Å². The highest BCUT2D eigenvalue weighted by molar-refractivity contribution is 6.42. The van der Waals surface area contributed by atoms with E-state index in [2.05, 4.69) is 10.2 Å². The molecule has 168 valence electrons. The summed E-state index contributed by atoms with van der Waals surface area (Å²) in [6.07, 6.45) is 4.22. The fourth-order valence-electron chi connectivity index (χ4n) is 6.74. The van der Waals surface area contributed by atoms with Crippen molar-refractivity contribution in [2.45, 2.75) is 50.8 Å². The number of rotatable bonds is 5. The van der Waals surface area contributed by atoms with Crippen molar-refractivity contribution in [2.24, 2.45) is 28.9 Å². The molecular weight excluding hydrogens is 437 g/mol. The lowest BCUT2D eigenvalue weighted by molar-refractivity contribution is -0.151. The number of carbonyl (C=O) groups excluding carboxylic acids is 2. The Morgan fingerprint density at radius 1 is 1.19 bits per heavy atom. The van der Waals surface area contributed by atoms with Crippen LogP contribution in [0.1, 0.15) is 37.7 Å². The molecule has 1 saturated heterocycles. The van der Waals surface area contributed by atoms with Crippen LogP contribution in [0.15, 0.2) is 18.2 Å². The highest BCUT2D eigenvalue weighted by Crippen LogP contribution is 2.59. The lowest BCUT2D eigenvalue weighted by Gasteiger charge is -2.59. The summed E-state index contributed by atoms with van der Waals surface area (Å²) in [5, 5.41) is 4.41. The summed E-state index contributed by atoms with van der Waals surface area (Å²) >= 11 is 12.5. The topological polar surface area (TPSA) is 84.7 Å². The maximum absolute atomic E-state index is 13.1. The van der Waals surface area contributed by atoms with Gasteiger partial charge in [0.25, 0.3) is 5.91 Å². The van der Waals surface area contributed by atoms with Crippen molar-refractivity contribution in [1.82, 2.24) is 10.2 Å². The van der Waals surface area contributed by atoms with E-state index in [1.807, 2.05) is 12.1 Å². The SMILES string of the molecule is NC(=O)C12CC3CC(C1)C(NC(=O)[C@H]1CN(Cc4cccc(Cl)c4Cl)CCO1)C(C3)C2. The molecule has 6 nitrogen and oxygen atoms in total. The quantitative estimate of drug-likeness (QED) is 0.699. The van der Waals surface area contributed by atoms with Gasteiger partial charge >= 0.3 is 0 Å². The zero-order chi connectivity index (χ0) is 21.8. The summed E-state index contributed by atoms with van der Waals surface area (Å²) in [6.45, 7) is 2.39. The second-order valence-corrected chi connectivity index (χ2v) is 10.7. The van der Waals surface area contributed by atoms with Gasteiger partial charge in [-0.3, -0.25) is 14.5 Å². The van der Waals surface area contributed by atoms with E-state index in [4.69, 9.17) is 33.7 Å². The zero-order valence-electron chi connectivity index (χ0n) is 17.5. The van der Waals surface area contributed by atoms with Gasteiger partial charge in [0, 0.05) is 31.1 Å². The largest absolute Gasteiger partial charge is 0.369 e. The second kappa shape index (κ2) is 8.22. The van der Waals surface area contributed by atoms with Gasteiger partial charge < -0.3 is 15.8 Å². The van der Waals surface area contributed by atoms with E-state index in [1.54, 1.807) is 6.07 Å². The highest BCUT2D eigenvalue weighted by atomic mass is 35.5. The fourth-order valence-corrected chi connectivity index (χ4v) is 7.12. The number of amides is 2. The van der Waals surface area contributed by atoms with Crippen LogP contribution in [-0.4, -0.2) is 48.6 Å². The van der Waals surface area contributed by atoms with Crippen LogP contribution in [0.2, 0.25) is 10.0 Å². The highest BCUT2D eigenvalue weighted by Gasteiger charge is 2.58. The average molecular weight is 466 g/mol. The van der Waals surface area contributed by atoms with Crippen molar-refractivity contribution >= 4 is 35.0 Å². The molecule has 0 spiro atoms. The summed E-state index contributed by atoms with van der Waals surface area (Å²) < 4.78 is 5.83. The minimum atomic E-state index is -0.506. The van der Waals surface area contributed by atoms with E-state index < -0.39 is 6.10 Å². The number of carbonyl (C=O) groups is 2. The van der Waals surface area contributed by atoms with Crippen molar-refractivity contribution in [1.29, 1.82) is 0 Å². The number of ether oxygens (including phenoxy) is 1. The monoisotopic (exact) mass is 465 g/mol. The van der Waals surface area contributed by atoms with Crippen molar-refractivity contribution in [3.8, 4) is 0 Å². The molecule has 4 bridgehead atoms. The van der Waals surface area contributed by atoms with Crippen LogP contribution in [0, 0.1) is 23.2 Å². The first-order valence-electron chi connectivity index (χ1n) is 11.2. The number of halogens is 2. The number of nitrogens with zero attached hydrogens (tertiary/aromatic N) is 1. The maximum Gasteiger partial charge on any atom is 0.250 e. The van der Waals surface area contributed by atoms with Gasteiger partial charge in [0.15, 0.2) is 0 Å². The standard InChI is InChI=1S/C23H29Cl2N3O3/c24-17-3-1-2-14(19(17)25)11-28-4-5-31-18(12-28)21(29)27-20-15-6-13-7-16(20)10-23(8-13,9-15)22(26)30/h1-3,13,15-16,18,20H,4-12H2,(H2,26,30)(H,27,29)/t13?,15?,16?,18-,20?,23?/m1/s1. The minimum Gasteiger partial charge on any atom is -0.369 e. The molecule has 1 aromatic carbocycles. The Bertz CT molecular complexity index is 879. The van der Waals surface area contributed by atoms with E-state index in [0.29, 0.717) is 47.5 Å². The van der Waals surface area contributed by atoms with Crippen LogP contribution in [0.25, 0.3) is 0 Å². The Morgan fingerprint density at radius 3 is 2.65 bits per heavy atom. The molecule has 3 N–H and O–H groups in total. The molecule has 0 radical (unpaired) electrons. The maximum atomic E-state index is 13.1. The Hall–Kier alpha value is -1.34. The number of nitrogens with one attached hydrogen (secondary N) is 1. The van der Waals surface area contributed by atoms with Crippen LogP contribution in [0.4, 0.5) is 0 Å². The minimum absolute atomic E-state index is 0.0486. The van der Waals surface area contributed by atoms with Crippen LogP contribution in [0.5, 0.6) is 0 Å². The molecule has 1 aliphatic heterocycles. The first-order chi connectivity index (χ1) is 14.8. The second-order valence-electron chi connectivity index (χ2n) is 9.96. The zero-order valence-corrected chi connectivity index (χ0v) is 19.0. The first kappa shape index (κ1) is 21.5. The van der Waals surface area contributed by atoms with Gasteiger partial charge in [-0.25, -0.2) is 0 Å². The molecule has 1 heterocycles. The molecular formula is C23H29Cl2N3O3. The third kappa shape index (κ3) is 3.97. The number of hydrogen-bond donors (Lipinski definition) is 2. The summed E-state index contributed by atoms with van der Waals surface area (Å²) in [5.41, 5.74) is 6.39. The molecule has 6 rings (SSSR count). The van der Waals surface area contributed by atoms with E-state index >= 15 is 0 Å². The third-order valence-corrected chi connectivity index (χ3v) is 8.83. The predicted molar refractivity (Wildman–Crippen MR) is 119 cm³/mol. The van der Waals surface area contributed by atoms with Gasteiger partial charge in [0.05, 0.1) is 16.7 Å². The van der Waals surface area contributed by atoms with Crippen LogP contribution < -0.4 is 11.1 Å². The Balaban J connectivity index is 1.22. The number of nitrogens with two attached hydrogens (primary N) is 1. The molecule has 5 aliphatic rings. The van der Waals surface area contributed by atoms with Gasteiger partial charge in [-0.1, -0.05) is 35.3 Å². The molecule has 2 unspecified atom stereocenters. The van der Waals surface area contributed by atoms with Gasteiger partial charge in [0.2, 0.25) is 5.91 Å². The summed E-state index contributed by atoms with van der Waals surface area (Å²) in [6, 6.07) is 5.75. The van der Waals surface area contributed by atoms with E-state index in [1.165, 1.54) is 0 Å². The average Bonchev–Trinajstić information content (AvgIpc) is 2.73. The van der Waals surface area contributed by atoms with Crippen molar-refractivity contribution in [2.75, 3.05) is 19.7 Å². The molecule has 4 saturated carbocycles. The predicted octanol–water partition coefficient (Wildman–Crippen LogP) is 2.99. The van der Waals surface area contributed by atoms with Crippen LogP contribution >= 0.6 is 23.2 Å². The molecule has 1 aromatic rings. The van der Waals surface area contributed by atoms with Crippen LogP contribution in [0.3, 0.4) is 0 Å². The lowest BCUT2D eigenvalue weighted by Crippen LogP contribution is -2.63. The smallest absolute Gasteiger partial charge is 0.250 e. The summed E-state index contributed by atoms with van der Waals surface area (Å²) in [4.78, 5) is 27.5. The number of morpholine rings is 1. The molecule has 3 atom stereocenters. The lowest BCUT2D eigenvalue weighted by atomic mass is 9.47. The first-order valence-corrected chi connectivity index (χ1v) is 12.0. The molecule has 4 aliphatic carbocycles. The number of hydrogen-bond acceptors (Lipinski definition) is 4. The summed E-state index contributed by atoms with van der Waals surface area (Å²) in [5.74, 6) is 1.05. The van der Waals surface area contributed by atoms with Gasteiger partial charge in [0.1, 0.15) is 6.10 Å². The fraction of sp³-hybridized carbons (Fsp3) is 0.652. The number of benzene rings is 1. The third-order valence-electron chi connectivity index (χ3n) is 7.97. The Kier molecular flexibility index (Phi) is 5.70.